The Bertz CT molecular complexity index is 770. The van der Waals surface area contributed by atoms with Crippen molar-refractivity contribution in [2.24, 2.45) is 10.9 Å². The fourth-order valence-corrected chi connectivity index (χ4v) is 3.66. The maximum atomic E-state index is 5.74. The molecule has 1 fully saturated rings. The molecule has 2 N–H and O–H groups in total. The fraction of sp³-hybridized carbons (Fsp3) is 0.583. The van der Waals surface area contributed by atoms with Gasteiger partial charge in [0.15, 0.2) is 5.96 Å². The van der Waals surface area contributed by atoms with Crippen LogP contribution in [-0.2, 0) is 6.54 Å². The van der Waals surface area contributed by atoms with E-state index in [9.17, 15) is 0 Å². The standard InChI is InChI=1S/C24H38N6O.HI/c1-20(2)31-23-7-5-22(6-8-23)28-24(27-13-18-30-17-12-25-19-30)26-11-4-14-29-15-9-21(3)10-16-29;/h5-8,12,17,19-21H,4,9-11,13-16,18H2,1-3H3,(H2,26,27,28);1H. The molecule has 0 bridgehead atoms. The Hall–Kier alpha value is -1.81. The molecular weight excluding hydrogens is 515 g/mol. The van der Waals surface area contributed by atoms with Gasteiger partial charge in [-0.1, -0.05) is 6.92 Å². The molecule has 1 aliphatic rings. The molecule has 2 heterocycles. The van der Waals surface area contributed by atoms with Crippen molar-refractivity contribution in [2.75, 3.05) is 38.0 Å². The summed E-state index contributed by atoms with van der Waals surface area (Å²) in [5.74, 6) is 2.56. The molecule has 0 amide bonds. The van der Waals surface area contributed by atoms with Crippen LogP contribution in [0, 0.1) is 5.92 Å². The first-order valence-electron chi connectivity index (χ1n) is 11.6. The van der Waals surface area contributed by atoms with Gasteiger partial charge in [0.05, 0.1) is 12.4 Å². The molecule has 1 saturated heterocycles. The molecule has 2 aromatic rings. The van der Waals surface area contributed by atoms with Gasteiger partial charge in [0.2, 0.25) is 0 Å². The molecule has 1 aromatic heterocycles. The van der Waals surface area contributed by atoms with E-state index in [0.29, 0.717) is 0 Å². The number of likely N-dealkylation sites (tertiary alicyclic amines) is 1. The number of aromatic nitrogens is 2. The number of imidazole rings is 1. The second-order valence-corrected chi connectivity index (χ2v) is 8.65. The van der Waals surface area contributed by atoms with Gasteiger partial charge in [-0.3, -0.25) is 4.99 Å². The summed E-state index contributed by atoms with van der Waals surface area (Å²) < 4.78 is 7.79. The van der Waals surface area contributed by atoms with Crippen LogP contribution in [0.1, 0.15) is 40.0 Å². The molecule has 0 spiro atoms. The van der Waals surface area contributed by atoms with Crippen molar-refractivity contribution in [2.45, 2.75) is 52.7 Å². The number of aliphatic imine (C=N–C) groups is 1. The van der Waals surface area contributed by atoms with E-state index in [-0.39, 0.29) is 30.1 Å². The van der Waals surface area contributed by atoms with Crippen molar-refractivity contribution >= 4 is 35.6 Å². The number of nitrogens with zero attached hydrogens (tertiary/aromatic N) is 4. The van der Waals surface area contributed by atoms with E-state index in [1.807, 2.05) is 50.6 Å². The van der Waals surface area contributed by atoms with Gasteiger partial charge in [0, 0.05) is 37.7 Å². The summed E-state index contributed by atoms with van der Waals surface area (Å²) in [5, 5.41) is 6.87. The largest absolute Gasteiger partial charge is 0.491 e. The first kappa shape index (κ1) is 26.4. The highest BCUT2D eigenvalue weighted by atomic mass is 127. The van der Waals surface area contributed by atoms with E-state index < -0.39 is 0 Å². The van der Waals surface area contributed by atoms with Crippen LogP contribution in [0.4, 0.5) is 5.69 Å². The number of rotatable bonds is 10. The van der Waals surface area contributed by atoms with E-state index in [4.69, 9.17) is 9.73 Å². The van der Waals surface area contributed by atoms with Crippen LogP contribution in [0.5, 0.6) is 5.75 Å². The second kappa shape index (κ2) is 14.4. The van der Waals surface area contributed by atoms with Crippen molar-refractivity contribution in [3.63, 3.8) is 0 Å². The lowest BCUT2D eigenvalue weighted by Gasteiger charge is -2.29. The summed E-state index contributed by atoms with van der Waals surface area (Å²) in [6, 6.07) is 8.03. The smallest absolute Gasteiger partial charge is 0.195 e. The molecule has 32 heavy (non-hydrogen) atoms. The minimum atomic E-state index is 0. The van der Waals surface area contributed by atoms with Gasteiger partial charge in [0.25, 0.3) is 0 Å². The highest BCUT2D eigenvalue weighted by Gasteiger charge is 2.14. The Labute approximate surface area is 210 Å². The highest BCUT2D eigenvalue weighted by Crippen LogP contribution is 2.17. The zero-order valence-electron chi connectivity index (χ0n) is 19.7. The Morgan fingerprint density at radius 3 is 2.59 bits per heavy atom. The number of guanidine groups is 1. The molecule has 1 aromatic carbocycles. The van der Waals surface area contributed by atoms with Gasteiger partial charge in [-0.05, 0) is 82.9 Å². The molecule has 0 radical (unpaired) electrons. The molecule has 0 saturated carbocycles. The maximum Gasteiger partial charge on any atom is 0.195 e. The van der Waals surface area contributed by atoms with E-state index in [2.05, 4.69) is 32.0 Å². The van der Waals surface area contributed by atoms with Crippen LogP contribution in [0.15, 0.2) is 48.0 Å². The fourth-order valence-electron chi connectivity index (χ4n) is 3.66. The SMILES string of the molecule is CC1CCN(CCCN=C(NCCn2ccnc2)Nc2ccc(OC(C)C)cc2)CC1.I. The number of benzene rings is 1. The number of hydrogen-bond donors (Lipinski definition) is 2. The number of ether oxygens (including phenoxy) is 1. The van der Waals surface area contributed by atoms with Crippen LogP contribution in [0.3, 0.4) is 0 Å². The normalized spacial score (nSPS) is 15.4. The molecule has 3 rings (SSSR count). The lowest BCUT2D eigenvalue weighted by Crippen LogP contribution is -2.35. The lowest BCUT2D eigenvalue weighted by atomic mass is 9.99. The predicted octanol–water partition coefficient (Wildman–Crippen LogP) is 4.47. The summed E-state index contributed by atoms with van der Waals surface area (Å²) in [5.41, 5.74) is 0.995. The first-order valence-corrected chi connectivity index (χ1v) is 11.6. The number of hydrogen-bond acceptors (Lipinski definition) is 4. The zero-order valence-corrected chi connectivity index (χ0v) is 22.0. The Morgan fingerprint density at radius 1 is 1.19 bits per heavy atom. The number of anilines is 1. The third-order valence-electron chi connectivity index (χ3n) is 5.49. The van der Waals surface area contributed by atoms with Gasteiger partial charge in [-0.15, -0.1) is 24.0 Å². The Balaban J connectivity index is 0.00000363. The van der Waals surface area contributed by atoms with Crippen molar-refractivity contribution in [3.8, 4) is 5.75 Å². The third-order valence-corrected chi connectivity index (χ3v) is 5.49. The van der Waals surface area contributed by atoms with Crippen LogP contribution in [0.2, 0.25) is 0 Å². The van der Waals surface area contributed by atoms with Gasteiger partial charge >= 0.3 is 0 Å². The Morgan fingerprint density at radius 2 is 1.94 bits per heavy atom. The molecule has 0 aliphatic carbocycles. The van der Waals surface area contributed by atoms with Gasteiger partial charge < -0.3 is 24.8 Å². The lowest BCUT2D eigenvalue weighted by molar-refractivity contribution is 0.192. The predicted molar refractivity (Wildman–Crippen MR) is 143 cm³/mol. The van der Waals surface area contributed by atoms with Gasteiger partial charge in [0.1, 0.15) is 5.75 Å². The molecular formula is C24H39IN6O. The molecule has 0 unspecified atom stereocenters. The summed E-state index contributed by atoms with van der Waals surface area (Å²) in [4.78, 5) is 11.5. The summed E-state index contributed by atoms with van der Waals surface area (Å²) in [7, 11) is 0. The molecule has 1 aliphatic heterocycles. The summed E-state index contributed by atoms with van der Waals surface area (Å²) in [6.07, 6.45) is 9.49. The average molecular weight is 555 g/mol. The minimum absolute atomic E-state index is 0. The number of halogens is 1. The van der Waals surface area contributed by atoms with E-state index in [0.717, 1.165) is 55.9 Å². The molecule has 8 heteroatoms. The van der Waals surface area contributed by atoms with Crippen molar-refractivity contribution in [1.82, 2.24) is 19.8 Å². The number of nitrogens with one attached hydrogen (secondary N) is 2. The topological polar surface area (TPSA) is 66.7 Å². The molecule has 0 atom stereocenters. The van der Waals surface area contributed by atoms with Crippen molar-refractivity contribution in [1.29, 1.82) is 0 Å². The molecule has 178 valence electrons. The van der Waals surface area contributed by atoms with Crippen LogP contribution in [0.25, 0.3) is 0 Å². The van der Waals surface area contributed by atoms with E-state index >= 15 is 0 Å². The van der Waals surface area contributed by atoms with Crippen LogP contribution >= 0.6 is 24.0 Å². The van der Waals surface area contributed by atoms with Crippen LogP contribution in [-0.4, -0.2) is 59.2 Å². The quantitative estimate of drug-likeness (QED) is 0.197. The maximum absolute atomic E-state index is 5.74. The first-order chi connectivity index (χ1) is 15.1. The van der Waals surface area contributed by atoms with Crippen molar-refractivity contribution < 1.29 is 4.74 Å². The minimum Gasteiger partial charge on any atom is -0.491 e. The van der Waals surface area contributed by atoms with Crippen LogP contribution < -0.4 is 15.4 Å². The monoisotopic (exact) mass is 554 g/mol. The van der Waals surface area contributed by atoms with E-state index in [1.54, 1.807) is 6.20 Å². The average Bonchev–Trinajstić information content (AvgIpc) is 3.27. The number of piperidine rings is 1. The van der Waals surface area contributed by atoms with Crippen molar-refractivity contribution in [3.05, 3.63) is 43.0 Å². The zero-order chi connectivity index (χ0) is 21.9. The third kappa shape index (κ3) is 9.77. The second-order valence-electron chi connectivity index (χ2n) is 8.65. The molecule has 7 nitrogen and oxygen atoms in total. The van der Waals surface area contributed by atoms with Gasteiger partial charge in [-0.25, -0.2) is 4.98 Å². The highest BCUT2D eigenvalue weighted by molar-refractivity contribution is 14.0. The van der Waals surface area contributed by atoms with Gasteiger partial charge in [-0.2, -0.15) is 0 Å². The Kier molecular flexibility index (Phi) is 11.9. The van der Waals surface area contributed by atoms with E-state index in [1.165, 1.54) is 25.9 Å². The summed E-state index contributed by atoms with van der Waals surface area (Å²) in [6.45, 7) is 12.4. The summed E-state index contributed by atoms with van der Waals surface area (Å²) >= 11 is 0.